The first kappa shape index (κ1) is 17.3. The number of ether oxygens (including phenoxy) is 1. The van der Waals surface area contributed by atoms with Crippen LogP contribution >= 0.6 is 0 Å². The van der Waals surface area contributed by atoms with Gasteiger partial charge in [-0.15, -0.1) is 0 Å². The Morgan fingerprint density at radius 2 is 1.96 bits per heavy atom. The smallest absolute Gasteiger partial charge is 0.303 e. The Bertz CT molecular complexity index is 539. The molecule has 23 heavy (non-hydrogen) atoms. The second kappa shape index (κ2) is 8.53. The Morgan fingerprint density at radius 3 is 2.61 bits per heavy atom. The maximum Gasteiger partial charge on any atom is 0.303 e. The minimum Gasteiger partial charge on any atom is -0.497 e. The van der Waals surface area contributed by atoms with Crippen LogP contribution in [-0.2, 0) is 16.0 Å². The van der Waals surface area contributed by atoms with E-state index >= 15 is 0 Å². The van der Waals surface area contributed by atoms with Crippen molar-refractivity contribution >= 4 is 11.9 Å². The van der Waals surface area contributed by atoms with Crippen molar-refractivity contribution in [1.29, 1.82) is 0 Å². The summed E-state index contributed by atoms with van der Waals surface area (Å²) in [5, 5.41) is 8.65. The largest absolute Gasteiger partial charge is 0.497 e. The third-order valence-corrected chi connectivity index (χ3v) is 4.08. The Balaban J connectivity index is 1.76. The lowest BCUT2D eigenvalue weighted by atomic mass is 10.1. The highest BCUT2D eigenvalue weighted by atomic mass is 16.5. The zero-order chi connectivity index (χ0) is 16.7. The summed E-state index contributed by atoms with van der Waals surface area (Å²) in [5.74, 6) is 0.138. The van der Waals surface area contributed by atoms with Gasteiger partial charge in [0.1, 0.15) is 5.75 Å². The Kier molecular flexibility index (Phi) is 6.40. The molecule has 0 aliphatic carbocycles. The van der Waals surface area contributed by atoms with Crippen LogP contribution in [0.1, 0.15) is 18.4 Å². The molecule has 6 heteroatoms. The molecule has 0 saturated carbocycles. The van der Waals surface area contributed by atoms with Crippen molar-refractivity contribution in [3.8, 4) is 5.75 Å². The monoisotopic (exact) mass is 320 g/mol. The molecule has 0 unspecified atom stereocenters. The molecular weight excluding hydrogens is 296 g/mol. The van der Waals surface area contributed by atoms with Gasteiger partial charge in [-0.3, -0.25) is 14.5 Å². The summed E-state index contributed by atoms with van der Waals surface area (Å²) in [6.07, 6.45) is 1.25. The first-order valence-corrected chi connectivity index (χ1v) is 7.93. The molecule has 1 fully saturated rings. The normalized spacial score (nSPS) is 15.4. The number of hydrogen-bond donors (Lipinski definition) is 1. The highest BCUT2D eigenvalue weighted by molar-refractivity contribution is 5.79. The second-order valence-electron chi connectivity index (χ2n) is 5.75. The number of piperazine rings is 1. The number of aliphatic carboxylic acids is 1. The number of carboxylic acid groups (broad SMARTS) is 1. The van der Waals surface area contributed by atoms with Crippen LogP contribution < -0.4 is 4.74 Å². The van der Waals surface area contributed by atoms with Crippen LogP contribution in [0.25, 0.3) is 0 Å². The van der Waals surface area contributed by atoms with E-state index < -0.39 is 5.97 Å². The zero-order valence-electron chi connectivity index (χ0n) is 13.5. The van der Waals surface area contributed by atoms with E-state index in [4.69, 9.17) is 9.84 Å². The molecule has 1 aromatic rings. The highest BCUT2D eigenvalue weighted by Gasteiger charge is 2.21. The topological polar surface area (TPSA) is 70.1 Å². The maximum absolute atomic E-state index is 12.4. The molecule has 2 rings (SSSR count). The van der Waals surface area contributed by atoms with Gasteiger partial charge in [-0.05, 0) is 30.7 Å². The molecule has 0 spiro atoms. The number of hydrogen-bond acceptors (Lipinski definition) is 4. The van der Waals surface area contributed by atoms with Crippen LogP contribution in [0.2, 0.25) is 0 Å². The second-order valence-corrected chi connectivity index (χ2v) is 5.75. The Morgan fingerprint density at radius 1 is 1.22 bits per heavy atom. The molecule has 0 radical (unpaired) electrons. The molecule has 6 nitrogen and oxygen atoms in total. The van der Waals surface area contributed by atoms with Crippen molar-refractivity contribution in [2.75, 3.05) is 39.8 Å². The van der Waals surface area contributed by atoms with E-state index in [2.05, 4.69) is 4.90 Å². The van der Waals surface area contributed by atoms with Crippen LogP contribution in [0, 0.1) is 0 Å². The van der Waals surface area contributed by atoms with Crippen molar-refractivity contribution < 1.29 is 19.4 Å². The summed E-state index contributed by atoms with van der Waals surface area (Å²) in [7, 11) is 1.62. The number of rotatable bonds is 7. The van der Waals surface area contributed by atoms with Gasteiger partial charge in [0.05, 0.1) is 13.5 Å². The van der Waals surface area contributed by atoms with Crippen LogP contribution in [0.5, 0.6) is 5.75 Å². The van der Waals surface area contributed by atoms with E-state index in [9.17, 15) is 9.59 Å². The molecule has 1 aromatic carbocycles. The number of nitrogens with zero attached hydrogens (tertiary/aromatic N) is 2. The molecule has 1 amide bonds. The summed E-state index contributed by atoms with van der Waals surface area (Å²) < 4.78 is 5.18. The maximum atomic E-state index is 12.4. The number of carbonyl (C=O) groups excluding carboxylic acids is 1. The fraction of sp³-hybridized carbons (Fsp3) is 0.529. The number of amides is 1. The standard InChI is InChI=1S/C17H24N2O4/c1-23-15-5-2-4-14(12-15)13-16(20)19-10-8-18(9-11-19)7-3-6-17(21)22/h2,4-5,12H,3,6-11,13H2,1H3,(H,21,22). The Labute approximate surface area is 136 Å². The van der Waals surface area contributed by atoms with Crippen molar-refractivity contribution in [1.82, 2.24) is 9.80 Å². The minimum absolute atomic E-state index is 0.128. The summed E-state index contributed by atoms with van der Waals surface area (Å²) in [5.41, 5.74) is 0.957. The summed E-state index contributed by atoms with van der Waals surface area (Å²) >= 11 is 0. The molecular formula is C17H24N2O4. The van der Waals surface area contributed by atoms with Crippen LogP contribution in [0.3, 0.4) is 0 Å². The van der Waals surface area contributed by atoms with Gasteiger partial charge in [0.15, 0.2) is 0 Å². The summed E-state index contributed by atoms with van der Waals surface area (Å²) in [4.78, 5) is 27.0. The molecule has 126 valence electrons. The SMILES string of the molecule is COc1cccc(CC(=O)N2CCN(CCCC(=O)O)CC2)c1. The number of methoxy groups -OCH3 is 1. The first-order chi connectivity index (χ1) is 11.1. The lowest BCUT2D eigenvalue weighted by Gasteiger charge is -2.34. The Hall–Kier alpha value is -2.08. The minimum atomic E-state index is -0.753. The summed E-state index contributed by atoms with van der Waals surface area (Å²) in [6, 6.07) is 7.58. The number of carbonyl (C=O) groups is 2. The van der Waals surface area contributed by atoms with Crippen LogP contribution in [0.15, 0.2) is 24.3 Å². The van der Waals surface area contributed by atoms with E-state index in [0.717, 1.165) is 30.9 Å². The summed E-state index contributed by atoms with van der Waals surface area (Å²) in [6.45, 7) is 3.81. The molecule has 1 heterocycles. The van der Waals surface area contributed by atoms with Gasteiger partial charge in [-0.25, -0.2) is 0 Å². The zero-order valence-corrected chi connectivity index (χ0v) is 13.5. The van der Waals surface area contributed by atoms with Gasteiger partial charge in [0, 0.05) is 32.6 Å². The fourth-order valence-corrected chi connectivity index (χ4v) is 2.74. The fourth-order valence-electron chi connectivity index (χ4n) is 2.74. The average Bonchev–Trinajstić information content (AvgIpc) is 2.55. The van der Waals surface area contributed by atoms with Crippen LogP contribution in [0.4, 0.5) is 0 Å². The van der Waals surface area contributed by atoms with Crippen molar-refractivity contribution in [2.45, 2.75) is 19.3 Å². The quantitative estimate of drug-likeness (QED) is 0.819. The molecule has 0 aromatic heterocycles. The van der Waals surface area contributed by atoms with E-state index in [1.165, 1.54) is 0 Å². The number of carboxylic acids is 1. The van der Waals surface area contributed by atoms with Gasteiger partial charge >= 0.3 is 5.97 Å². The van der Waals surface area contributed by atoms with Gasteiger partial charge in [-0.1, -0.05) is 12.1 Å². The molecule has 1 aliphatic rings. The van der Waals surface area contributed by atoms with Crippen molar-refractivity contribution in [2.24, 2.45) is 0 Å². The lowest BCUT2D eigenvalue weighted by Crippen LogP contribution is -2.49. The van der Waals surface area contributed by atoms with Gasteiger partial charge in [0.25, 0.3) is 0 Å². The average molecular weight is 320 g/mol. The third kappa shape index (κ3) is 5.56. The van der Waals surface area contributed by atoms with Gasteiger partial charge in [0.2, 0.25) is 5.91 Å². The molecule has 1 aliphatic heterocycles. The molecule has 0 bridgehead atoms. The van der Waals surface area contributed by atoms with Crippen LogP contribution in [-0.4, -0.2) is 66.6 Å². The predicted octanol–water partition coefficient (Wildman–Crippen LogP) is 1.25. The molecule has 1 N–H and O–H groups in total. The predicted molar refractivity (Wildman–Crippen MR) is 86.6 cm³/mol. The van der Waals surface area contributed by atoms with E-state index in [-0.39, 0.29) is 12.3 Å². The first-order valence-electron chi connectivity index (χ1n) is 7.93. The van der Waals surface area contributed by atoms with Gasteiger partial charge in [-0.2, -0.15) is 0 Å². The van der Waals surface area contributed by atoms with E-state index in [1.54, 1.807) is 7.11 Å². The number of benzene rings is 1. The van der Waals surface area contributed by atoms with E-state index in [1.807, 2.05) is 29.2 Å². The third-order valence-electron chi connectivity index (χ3n) is 4.08. The lowest BCUT2D eigenvalue weighted by molar-refractivity contribution is -0.137. The van der Waals surface area contributed by atoms with Gasteiger partial charge < -0.3 is 14.7 Å². The van der Waals surface area contributed by atoms with Crippen molar-refractivity contribution in [3.05, 3.63) is 29.8 Å². The van der Waals surface area contributed by atoms with Crippen molar-refractivity contribution in [3.63, 3.8) is 0 Å². The molecule has 1 saturated heterocycles. The van der Waals surface area contributed by atoms with E-state index in [0.29, 0.717) is 25.9 Å². The molecule has 0 atom stereocenters. The highest BCUT2D eigenvalue weighted by Crippen LogP contribution is 2.14.